The van der Waals surface area contributed by atoms with Crippen LogP contribution in [-0.4, -0.2) is 24.5 Å². The first-order valence-electron chi connectivity index (χ1n) is 9.18. The van der Waals surface area contributed by atoms with E-state index in [1.807, 2.05) is 12.1 Å². The zero-order valence-electron chi connectivity index (χ0n) is 16.4. The van der Waals surface area contributed by atoms with Crippen LogP contribution >= 0.6 is 28.1 Å². The van der Waals surface area contributed by atoms with Crippen LogP contribution in [0.4, 0.5) is 11.4 Å². The highest BCUT2D eigenvalue weighted by atomic mass is 79.9. The number of hydrazone groups is 1. The summed E-state index contributed by atoms with van der Waals surface area (Å²) in [6.07, 6.45) is 0. The molecule has 1 amide bonds. The smallest absolute Gasteiger partial charge is 0.302 e. The van der Waals surface area contributed by atoms with Crippen molar-refractivity contribution >= 4 is 65.4 Å². The van der Waals surface area contributed by atoms with Crippen molar-refractivity contribution in [3.63, 3.8) is 0 Å². The van der Waals surface area contributed by atoms with Crippen molar-refractivity contribution in [2.45, 2.75) is 4.90 Å². The van der Waals surface area contributed by atoms with E-state index in [-0.39, 0.29) is 10.0 Å². The molecule has 0 fully saturated rings. The maximum absolute atomic E-state index is 13.1. The Kier molecular flexibility index (Phi) is 7.92. The number of nitrogens with zero attached hydrogens (tertiary/aromatic N) is 1. The number of sulfone groups is 1. The fourth-order valence-electron chi connectivity index (χ4n) is 2.43. The normalized spacial score (nSPS) is 11.3. The third kappa shape index (κ3) is 6.36. The summed E-state index contributed by atoms with van der Waals surface area (Å²) in [5, 5.41) is 6.08. The number of para-hydroxylation sites is 1. The molecule has 3 aromatic rings. The van der Waals surface area contributed by atoms with E-state index in [1.165, 1.54) is 12.1 Å². The number of thiocarbonyl (C=S) groups is 1. The van der Waals surface area contributed by atoms with Gasteiger partial charge < -0.3 is 5.32 Å². The van der Waals surface area contributed by atoms with Crippen LogP contribution in [-0.2, 0) is 14.6 Å². The molecule has 3 rings (SSSR count). The van der Waals surface area contributed by atoms with E-state index < -0.39 is 20.8 Å². The van der Waals surface area contributed by atoms with Gasteiger partial charge in [0.15, 0.2) is 5.11 Å². The quantitative estimate of drug-likeness (QED) is 0.176. The molecule has 0 aliphatic carbocycles. The van der Waals surface area contributed by atoms with E-state index >= 15 is 0 Å². The minimum absolute atomic E-state index is 0.0631. The highest BCUT2D eigenvalue weighted by molar-refractivity contribution is 9.10. The van der Waals surface area contributed by atoms with Crippen LogP contribution in [0.3, 0.4) is 0 Å². The van der Waals surface area contributed by atoms with E-state index in [0.29, 0.717) is 11.4 Å². The van der Waals surface area contributed by atoms with Crippen molar-refractivity contribution in [2.24, 2.45) is 5.10 Å². The first-order chi connectivity index (χ1) is 15.4. The van der Waals surface area contributed by atoms with E-state index in [0.717, 1.165) is 4.47 Å². The average molecular weight is 532 g/mol. The van der Waals surface area contributed by atoms with Crippen molar-refractivity contribution in [1.29, 1.82) is 0 Å². The number of carbonyl (C=O) groups is 1. The molecule has 0 radical (unpaired) electrons. The fourth-order valence-corrected chi connectivity index (χ4v) is 4.07. The number of hydrogen-bond acceptors (Lipinski definition) is 6. The van der Waals surface area contributed by atoms with Gasteiger partial charge in [-0.25, -0.2) is 8.42 Å². The largest absolute Gasteiger partial charge is 0.331 e. The number of nitrogens with one attached hydrogen (secondary N) is 4. The van der Waals surface area contributed by atoms with Crippen LogP contribution in [0.15, 0.2) is 99.4 Å². The van der Waals surface area contributed by atoms with E-state index in [9.17, 15) is 13.2 Å². The zero-order valence-corrected chi connectivity index (χ0v) is 19.7. The molecule has 11 heteroatoms. The summed E-state index contributed by atoms with van der Waals surface area (Å²) >= 11 is 8.49. The van der Waals surface area contributed by atoms with Gasteiger partial charge in [-0.15, -0.1) is 0 Å². The maximum atomic E-state index is 13.1. The summed E-state index contributed by atoms with van der Waals surface area (Å²) in [5.74, 6) is -0.989. The van der Waals surface area contributed by atoms with E-state index in [2.05, 4.69) is 42.6 Å². The molecule has 8 nitrogen and oxygen atoms in total. The average Bonchev–Trinajstić information content (AvgIpc) is 2.80. The lowest BCUT2D eigenvalue weighted by Crippen LogP contribution is -2.48. The molecule has 32 heavy (non-hydrogen) atoms. The summed E-state index contributed by atoms with van der Waals surface area (Å²) in [5.41, 5.74) is 8.55. The van der Waals surface area contributed by atoms with E-state index in [4.69, 9.17) is 12.2 Å². The minimum atomic E-state index is -4.22. The number of carbonyl (C=O) groups excluding carboxylic acids is 1. The molecule has 0 aliphatic heterocycles. The minimum Gasteiger partial charge on any atom is -0.331 e. The lowest BCUT2D eigenvalue weighted by atomic mass is 10.3. The molecule has 0 saturated carbocycles. The Balaban J connectivity index is 1.77. The molecule has 0 saturated heterocycles. The van der Waals surface area contributed by atoms with Gasteiger partial charge >= 0.3 is 5.91 Å². The van der Waals surface area contributed by atoms with Gasteiger partial charge in [0.2, 0.25) is 14.9 Å². The SMILES string of the molecule is O=C(NNC(=S)Nc1ccc(Br)cc1)/C(=N/Nc1ccccc1)S(=O)(=O)c1ccccc1. The Labute approximate surface area is 199 Å². The molecular weight excluding hydrogens is 514 g/mol. The summed E-state index contributed by atoms with van der Waals surface area (Å²) in [4.78, 5) is 12.7. The molecule has 0 unspecified atom stereocenters. The van der Waals surface area contributed by atoms with Gasteiger partial charge in [0.25, 0.3) is 0 Å². The van der Waals surface area contributed by atoms with Crippen LogP contribution in [0.5, 0.6) is 0 Å². The number of halogens is 1. The van der Waals surface area contributed by atoms with Crippen LogP contribution < -0.4 is 21.6 Å². The van der Waals surface area contributed by atoms with Crippen molar-refractivity contribution in [3.05, 3.63) is 89.4 Å². The topological polar surface area (TPSA) is 112 Å². The molecular formula is C21H18BrN5O3S2. The van der Waals surface area contributed by atoms with Crippen molar-refractivity contribution in [1.82, 2.24) is 10.9 Å². The van der Waals surface area contributed by atoms with Crippen LogP contribution in [0.25, 0.3) is 0 Å². The monoisotopic (exact) mass is 531 g/mol. The third-order valence-corrected chi connectivity index (χ3v) is 6.37. The molecule has 0 spiro atoms. The molecule has 0 aromatic heterocycles. The molecule has 164 valence electrons. The first kappa shape index (κ1) is 23.4. The fraction of sp³-hybridized carbons (Fsp3) is 0. The third-order valence-electron chi connectivity index (χ3n) is 3.95. The number of hydrogen-bond donors (Lipinski definition) is 4. The Morgan fingerprint density at radius 1 is 0.812 bits per heavy atom. The van der Waals surface area contributed by atoms with Gasteiger partial charge in [-0.1, -0.05) is 52.3 Å². The van der Waals surface area contributed by atoms with Gasteiger partial charge in [0, 0.05) is 10.2 Å². The second-order valence-electron chi connectivity index (χ2n) is 6.25. The number of hydrazine groups is 1. The second-order valence-corrected chi connectivity index (χ2v) is 9.44. The van der Waals surface area contributed by atoms with Crippen molar-refractivity contribution in [2.75, 3.05) is 10.7 Å². The standard InChI is InChI=1S/C21H18BrN5O3S2/c22-15-11-13-16(14-12-15)23-21(31)27-25-19(28)20(26-24-17-7-3-1-4-8-17)32(29,30)18-9-5-2-6-10-18/h1-14,24H,(H,25,28)(H2,23,27,31)/b26-20-. The van der Waals surface area contributed by atoms with Gasteiger partial charge in [-0.3, -0.25) is 21.1 Å². The van der Waals surface area contributed by atoms with Crippen molar-refractivity contribution < 1.29 is 13.2 Å². The number of amides is 1. The van der Waals surface area contributed by atoms with Gasteiger partial charge in [0.05, 0.1) is 10.6 Å². The second kappa shape index (κ2) is 10.8. The maximum Gasteiger partial charge on any atom is 0.302 e. The highest BCUT2D eigenvalue weighted by Gasteiger charge is 2.29. The van der Waals surface area contributed by atoms with Crippen molar-refractivity contribution in [3.8, 4) is 0 Å². The van der Waals surface area contributed by atoms with Gasteiger partial charge in [0.1, 0.15) is 0 Å². The van der Waals surface area contributed by atoms with Gasteiger partial charge in [-0.2, -0.15) is 5.10 Å². The molecule has 4 N–H and O–H groups in total. The van der Waals surface area contributed by atoms with Crippen LogP contribution in [0, 0.1) is 0 Å². The molecule has 0 heterocycles. The van der Waals surface area contributed by atoms with Crippen LogP contribution in [0.2, 0.25) is 0 Å². The van der Waals surface area contributed by atoms with Crippen LogP contribution in [0.1, 0.15) is 0 Å². The Morgan fingerprint density at radius 3 is 2.03 bits per heavy atom. The Hall–Kier alpha value is -3.28. The molecule has 0 aliphatic rings. The predicted molar refractivity (Wildman–Crippen MR) is 133 cm³/mol. The van der Waals surface area contributed by atoms with Gasteiger partial charge in [-0.05, 0) is 60.7 Å². The van der Waals surface area contributed by atoms with E-state index in [1.54, 1.807) is 60.7 Å². The summed E-state index contributed by atoms with van der Waals surface area (Å²) in [7, 11) is -4.22. The summed E-state index contributed by atoms with van der Waals surface area (Å²) in [6.45, 7) is 0. The summed E-state index contributed by atoms with van der Waals surface area (Å²) < 4.78 is 27.0. The Morgan fingerprint density at radius 2 is 1.41 bits per heavy atom. The molecule has 3 aromatic carbocycles. The number of benzene rings is 3. The summed E-state index contributed by atoms with van der Waals surface area (Å²) in [6, 6.07) is 23.4. The highest BCUT2D eigenvalue weighted by Crippen LogP contribution is 2.15. The number of anilines is 2. The zero-order chi connectivity index (χ0) is 23.0. The Bertz CT molecular complexity index is 1220. The first-order valence-corrected chi connectivity index (χ1v) is 11.9. The lowest BCUT2D eigenvalue weighted by molar-refractivity contribution is -0.115. The molecule has 0 atom stereocenters. The predicted octanol–water partition coefficient (Wildman–Crippen LogP) is 3.67. The number of rotatable bonds is 4. The molecule has 0 bridgehead atoms. The lowest BCUT2D eigenvalue weighted by Gasteiger charge is -2.13.